The van der Waals surface area contributed by atoms with Crippen LogP contribution in [-0.4, -0.2) is 13.7 Å². The van der Waals surface area contributed by atoms with E-state index in [0.29, 0.717) is 12.1 Å². The van der Waals surface area contributed by atoms with Gasteiger partial charge in [0.25, 0.3) is 0 Å². The number of benzene rings is 2. The van der Waals surface area contributed by atoms with Crippen LogP contribution in [0.15, 0.2) is 36.4 Å². The summed E-state index contributed by atoms with van der Waals surface area (Å²) in [6.45, 7) is 2.61. The summed E-state index contributed by atoms with van der Waals surface area (Å²) >= 11 is 2.06. The maximum absolute atomic E-state index is 14.5. The molecular weight excluding hydrogens is 387 g/mol. The molecule has 0 radical (unpaired) electrons. The predicted molar refractivity (Wildman–Crippen MR) is 87.6 cm³/mol. The number of hydrogen-bond acceptors (Lipinski definition) is 2. The minimum absolute atomic E-state index is 0.201. The van der Waals surface area contributed by atoms with Crippen LogP contribution < -0.4 is 10.1 Å². The van der Waals surface area contributed by atoms with Crippen LogP contribution in [0.2, 0.25) is 0 Å². The molecule has 1 atom stereocenters. The molecule has 2 aromatic rings. The van der Waals surface area contributed by atoms with E-state index in [1.54, 1.807) is 24.3 Å². The van der Waals surface area contributed by atoms with Crippen molar-refractivity contribution in [3.63, 3.8) is 0 Å². The average molecular weight is 403 g/mol. The summed E-state index contributed by atoms with van der Waals surface area (Å²) in [6, 6.07) is 9.21. The Morgan fingerprint density at radius 2 is 1.95 bits per heavy atom. The third-order valence-electron chi connectivity index (χ3n) is 3.21. The molecule has 0 aromatic heterocycles. The zero-order valence-electron chi connectivity index (χ0n) is 11.8. The maximum atomic E-state index is 14.5. The molecule has 2 aromatic carbocycles. The standard InChI is InChI=1S/C16H16F2INO/c1-3-20-16(11-8-7-10(17)9-13(11)19)12-5-4-6-14(21-2)15(12)18/h4-9,16,20H,3H2,1-2H3. The molecule has 1 unspecified atom stereocenters. The lowest BCUT2D eigenvalue weighted by Crippen LogP contribution is -2.24. The molecule has 112 valence electrons. The first-order valence-corrected chi connectivity index (χ1v) is 7.67. The van der Waals surface area contributed by atoms with E-state index in [1.165, 1.54) is 19.2 Å². The van der Waals surface area contributed by atoms with E-state index >= 15 is 0 Å². The molecule has 0 aliphatic carbocycles. The minimum Gasteiger partial charge on any atom is -0.494 e. The van der Waals surface area contributed by atoms with Crippen molar-refractivity contribution in [2.75, 3.05) is 13.7 Å². The van der Waals surface area contributed by atoms with Gasteiger partial charge in [-0.05, 0) is 52.9 Å². The Balaban J connectivity index is 2.53. The van der Waals surface area contributed by atoms with Gasteiger partial charge in [0.2, 0.25) is 0 Å². The molecule has 5 heteroatoms. The van der Waals surface area contributed by atoms with Gasteiger partial charge in [-0.25, -0.2) is 8.78 Å². The second kappa shape index (κ2) is 7.17. The number of hydrogen-bond donors (Lipinski definition) is 1. The summed E-state index contributed by atoms with van der Waals surface area (Å²) in [6.07, 6.45) is 0. The lowest BCUT2D eigenvalue weighted by atomic mass is 9.97. The third-order valence-corrected chi connectivity index (χ3v) is 4.14. The first kappa shape index (κ1) is 16.2. The van der Waals surface area contributed by atoms with Crippen LogP contribution in [0, 0.1) is 15.2 Å². The molecule has 0 saturated heterocycles. The fraction of sp³-hybridized carbons (Fsp3) is 0.250. The topological polar surface area (TPSA) is 21.3 Å². The Kier molecular flexibility index (Phi) is 5.52. The quantitative estimate of drug-likeness (QED) is 0.753. The Morgan fingerprint density at radius 3 is 2.57 bits per heavy atom. The summed E-state index contributed by atoms with van der Waals surface area (Å²) in [5.41, 5.74) is 1.33. The highest BCUT2D eigenvalue weighted by Crippen LogP contribution is 2.31. The Hall–Kier alpha value is -1.21. The number of methoxy groups -OCH3 is 1. The third kappa shape index (κ3) is 3.52. The molecule has 2 nitrogen and oxygen atoms in total. The summed E-state index contributed by atoms with van der Waals surface area (Å²) in [7, 11) is 1.44. The number of halogens is 3. The van der Waals surface area contributed by atoms with Crippen molar-refractivity contribution in [1.29, 1.82) is 0 Å². The largest absolute Gasteiger partial charge is 0.494 e. The molecule has 0 bridgehead atoms. The molecular formula is C16H16F2INO. The van der Waals surface area contributed by atoms with Crippen molar-refractivity contribution in [2.45, 2.75) is 13.0 Å². The van der Waals surface area contributed by atoms with E-state index in [9.17, 15) is 8.78 Å². The molecule has 0 heterocycles. The van der Waals surface area contributed by atoms with Crippen molar-refractivity contribution < 1.29 is 13.5 Å². The first-order chi connectivity index (χ1) is 10.1. The number of ether oxygens (including phenoxy) is 1. The second-order valence-corrected chi connectivity index (χ2v) is 5.68. The summed E-state index contributed by atoms with van der Waals surface area (Å²) in [4.78, 5) is 0. The van der Waals surface area contributed by atoms with E-state index in [-0.39, 0.29) is 17.6 Å². The monoisotopic (exact) mass is 403 g/mol. The van der Waals surface area contributed by atoms with Gasteiger partial charge in [-0.3, -0.25) is 0 Å². The summed E-state index contributed by atoms with van der Waals surface area (Å²) < 4.78 is 33.6. The summed E-state index contributed by atoms with van der Waals surface area (Å²) in [5.74, 6) is -0.497. The van der Waals surface area contributed by atoms with Crippen molar-refractivity contribution in [2.24, 2.45) is 0 Å². The van der Waals surface area contributed by atoms with Gasteiger partial charge >= 0.3 is 0 Å². The zero-order chi connectivity index (χ0) is 15.4. The molecule has 0 saturated carbocycles. The van der Waals surface area contributed by atoms with Gasteiger partial charge in [0, 0.05) is 9.13 Å². The van der Waals surface area contributed by atoms with E-state index in [2.05, 4.69) is 27.9 Å². The zero-order valence-corrected chi connectivity index (χ0v) is 13.9. The van der Waals surface area contributed by atoms with Crippen LogP contribution in [0.25, 0.3) is 0 Å². The lowest BCUT2D eigenvalue weighted by molar-refractivity contribution is 0.381. The van der Waals surface area contributed by atoms with E-state index in [1.807, 2.05) is 6.92 Å². The Morgan fingerprint density at radius 1 is 1.19 bits per heavy atom. The van der Waals surface area contributed by atoms with Crippen molar-refractivity contribution in [1.82, 2.24) is 5.32 Å². The van der Waals surface area contributed by atoms with Gasteiger partial charge in [-0.15, -0.1) is 0 Å². The van der Waals surface area contributed by atoms with Crippen molar-refractivity contribution in [3.05, 3.63) is 62.7 Å². The smallest absolute Gasteiger partial charge is 0.170 e. The van der Waals surface area contributed by atoms with Gasteiger partial charge in [-0.2, -0.15) is 0 Å². The van der Waals surface area contributed by atoms with Crippen LogP contribution in [0.5, 0.6) is 5.75 Å². The van der Waals surface area contributed by atoms with Gasteiger partial charge < -0.3 is 10.1 Å². The van der Waals surface area contributed by atoms with Gasteiger partial charge in [0.15, 0.2) is 11.6 Å². The van der Waals surface area contributed by atoms with Crippen LogP contribution in [-0.2, 0) is 0 Å². The minimum atomic E-state index is -0.397. The highest BCUT2D eigenvalue weighted by molar-refractivity contribution is 14.1. The molecule has 0 spiro atoms. The highest BCUT2D eigenvalue weighted by atomic mass is 127. The fourth-order valence-corrected chi connectivity index (χ4v) is 3.02. The van der Waals surface area contributed by atoms with Gasteiger partial charge in [0.1, 0.15) is 5.82 Å². The molecule has 1 N–H and O–H groups in total. The Bertz CT molecular complexity index is 634. The molecule has 21 heavy (non-hydrogen) atoms. The number of rotatable bonds is 5. The first-order valence-electron chi connectivity index (χ1n) is 6.59. The fourth-order valence-electron chi connectivity index (χ4n) is 2.24. The van der Waals surface area contributed by atoms with Crippen LogP contribution in [0.1, 0.15) is 24.1 Å². The van der Waals surface area contributed by atoms with Crippen LogP contribution >= 0.6 is 22.6 Å². The SMILES string of the molecule is CCNC(c1ccc(F)cc1I)c1cccc(OC)c1F. The summed E-state index contributed by atoms with van der Waals surface area (Å²) in [5, 5.41) is 3.24. The highest BCUT2D eigenvalue weighted by Gasteiger charge is 2.21. The normalized spacial score (nSPS) is 12.2. The molecule has 2 rings (SSSR count). The predicted octanol–water partition coefficient (Wildman–Crippen LogP) is 4.28. The van der Waals surface area contributed by atoms with Gasteiger partial charge in [0.05, 0.1) is 13.2 Å². The van der Waals surface area contributed by atoms with Crippen molar-refractivity contribution in [3.8, 4) is 5.75 Å². The second-order valence-electron chi connectivity index (χ2n) is 4.52. The van der Waals surface area contributed by atoms with Gasteiger partial charge in [-0.1, -0.05) is 25.1 Å². The molecule has 0 amide bonds. The van der Waals surface area contributed by atoms with E-state index < -0.39 is 5.82 Å². The lowest BCUT2D eigenvalue weighted by Gasteiger charge is -2.21. The Labute approximate surface area is 136 Å². The molecule has 0 fully saturated rings. The van der Waals surface area contributed by atoms with Crippen LogP contribution in [0.4, 0.5) is 8.78 Å². The van der Waals surface area contributed by atoms with E-state index in [0.717, 1.165) is 9.13 Å². The number of nitrogens with one attached hydrogen (secondary N) is 1. The molecule has 0 aliphatic rings. The average Bonchev–Trinajstić information content (AvgIpc) is 2.46. The van der Waals surface area contributed by atoms with Crippen molar-refractivity contribution >= 4 is 22.6 Å². The van der Waals surface area contributed by atoms with E-state index in [4.69, 9.17) is 4.74 Å². The molecule has 0 aliphatic heterocycles. The maximum Gasteiger partial charge on any atom is 0.170 e. The van der Waals surface area contributed by atoms with Crippen LogP contribution in [0.3, 0.4) is 0 Å².